The summed E-state index contributed by atoms with van der Waals surface area (Å²) in [6.45, 7) is -0.172. The number of hydrogen-bond acceptors (Lipinski definition) is 5. The van der Waals surface area contributed by atoms with E-state index in [0.717, 1.165) is 21.8 Å². The van der Waals surface area contributed by atoms with Crippen LogP contribution in [0.25, 0.3) is 21.8 Å². The molecule has 0 aliphatic rings. The minimum atomic E-state index is -0.297. The number of nitrogens with one attached hydrogen (secondary N) is 1. The molecule has 4 rings (SSSR count). The Labute approximate surface area is 187 Å². The monoisotopic (exact) mass is 455 g/mol. The number of thiazole rings is 1. The van der Waals surface area contributed by atoms with Crippen LogP contribution in [0.5, 0.6) is 5.75 Å². The molecule has 4 aromatic rings. The largest absolute Gasteiger partial charge is 0.482 e. The van der Waals surface area contributed by atoms with Gasteiger partial charge >= 0.3 is 0 Å². The molecule has 30 heavy (non-hydrogen) atoms. The molecule has 0 aliphatic carbocycles. The summed E-state index contributed by atoms with van der Waals surface area (Å²) in [5.74, 6) is 0.102. The second kappa shape index (κ2) is 9.26. The number of carbonyl (C=O) groups excluding carboxylic acids is 1. The quantitative estimate of drug-likeness (QED) is 0.376. The summed E-state index contributed by atoms with van der Waals surface area (Å²) < 4.78 is 5.47. The molecule has 0 aliphatic heterocycles. The topological polar surface area (TPSA) is 64.1 Å². The van der Waals surface area contributed by atoms with Crippen molar-refractivity contribution in [3.63, 3.8) is 0 Å². The Kier molecular flexibility index (Phi) is 6.28. The molecule has 0 radical (unpaired) electrons. The average Bonchev–Trinajstić information content (AvgIpc) is 3.24. The number of nitrogens with zero attached hydrogens (tertiary/aromatic N) is 2. The third kappa shape index (κ3) is 4.97. The molecular weight excluding hydrogens is 441 g/mol. The number of aromatic nitrogens is 2. The van der Waals surface area contributed by atoms with Crippen LogP contribution in [0, 0.1) is 0 Å². The van der Waals surface area contributed by atoms with Crippen LogP contribution < -0.4 is 10.1 Å². The molecule has 2 aromatic heterocycles. The SMILES string of the molecule is O=C(COc1ccc(Cl)cc1Cl)Nc1cccc(-c2csc(-c3ccncc3)n2)c1. The Balaban J connectivity index is 1.42. The van der Waals surface area contributed by atoms with Crippen molar-refractivity contribution in [2.45, 2.75) is 0 Å². The van der Waals surface area contributed by atoms with Gasteiger partial charge in [0, 0.05) is 39.6 Å². The van der Waals surface area contributed by atoms with Crippen molar-refractivity contribution in [1.29, 1.82) is 0 Å². The van der Waals surface area contributed by atoms with Crippen molar-refractivity contribution >= 4 is 46.1 Å². The van der Waals surface area contributed by atoms with Crippen molar-refractivity contribution < 1.29 is 9.53 Å². The molecule has 0 saturated heterocycles. The number of pyridine rings is 1. The highest BCUT2D eigenvalue weighted by Crippen LogP contribution is 2.30. The second-order valence-corrected chi connectivity index (χ2v) is 7.97. The predicted molar refractivity (Wildman–Crippen MR) is 121 cm³/mol. The minimum Gasteiger partial charge on any atom is -0.482 e. The first kappa shape index (κ1) is 20.3. The van der Waals surface area contributed by atoms with Crippen molar-refractivity contribution in [1.82, 2.24) is 9.97 Å². The van der Waals surface area contributed by atoms with Gasteiger partial charge in [0.2, 0.25) is 0 Å². The summed E-state index contributed by atoms with van der Waals surface area (Å²) in [6.07, 6.45) is 3.48. The van der Waals surface area contributed by atoms with Gasteiger partial charge in [-0.05, 0) is 42.5 Å². The zero-order valence-electron chi connectivity index (χ0n) is 15.5. The normalized spacial score (nSPS) is 10.6. The standard InChI is InChI=1S/C22H15Cl2N3O2S/c23-16-4-5-20(18(24)11-16)29-12-21(28)26-17-3-1-2-15(10-17)19-13-30-22(27-19)14-6-8-25-9-7-14/h1-11,13H,12H2,(H,26,28). The van der Waals surface area contributed by atoms with Gasteiger partial charge in [0.1, 0.15) is 10.8 Å². The zero-order chi connectivity index (χ0) is 20.9. The fourth-order valence-electron chi connectivity index (χ4n) is 2.72. The molecule has 150 valence electrons. The molecule has 0 fully saturated rings. The van der Waals surface area contributed by atoms with Gasteiger partial charge in [-0.2, -0.15) is 0 Å². The molecule has 1 amide bonds. The lowest BCUT2D eigenvalue weighted by molar-refractivity contribution is -0.118. The maximum atomic E-state index is 12.3. The van der Waals surface area contributed by atoms with Crippen LogP contribution in [-0.2, 0) is 4.79 Å². The van der Waals surface area contributed by atoms with Crippen LogP contribution >= 0.6 is 34.5 Å². The van der Waals surface area contributed by atoms with E-state index in [0.29, 0.717) is 21.5 Å². The molecule has 2 heterocycles. The summed E-state index contributed by atoms with van der Waals surface area (Å²) >= 11 is 13.5. The molecule has 8 heteroatoms. The van der Waals surface area contributed by atoms with Crippen molar-refractivity contribution in [3.8, 4) is 27.6 Å². The van der Waals surface area contributed by atoms with E-state index in [1.165, 1.54) is 0 Å². The van der Waals surface area contributed by atoms with Crippen LogP contribution in [0.1, 0.15) is 0 Å². The van der Waals surface area contributed by atoms with Gasteiger partial charge in [-0.3, -0.25) is 9.78 Å². The average molecular weight is 456 g/mol. The van der Waals surface area contributed by atoms with Gasteiger partial charge in [-0.1, -0.05) is 35.3 Å². The first-order valence-electron chi connectivity index (χ1n) is 8.92. The number of benzene rings is 2. The second-order valence-electron chi connectivity index (χ2n) is 6.27. The fourth-order valence-corrected chi connectivity index (χ4v) is 4.02. The first-order chi connectivity index (χ1) is 14.6. The van der Waals surface area contributed by atoms with Gasteiger partial charge in [0.25, 0.3) is 5.91 Å². The maximum absolute atomic E-state index is 12.3. The summed E-state index contributed by atoms with van der Waals surface area (Å²) in [7, 11) is 0. The van der Waals surface area contributed by atoms with Crippen molar-refractivity contribution in [2.24, 2.45) is 0 Å². The predicted octanol–water partition coefficient (Wildman–Crippen LogP) is 6.20. The summed E-state index contributed by atoms with van der Waals surface area (Å²) in [5, 5.41) is 6.58. The van der Waals surface area contributed by atoms with Crippen LogP contribution in [0.2, 0.25) is 10.0 Å². The van der Waals surface area contributed by atoms with Crippen LogP contribution in [-0.4, -0.2) is 22.5 Å². The molecule has 1 N–H and O–H groups in total. The molecule has 5 nitrogen and oxygen atoms in total. The fraction of sp³-hybridized carbons (Fsp3) is 0.0455. The molecule has 0 unspecified atom stereocenters. The van der Waals surface area contributed by atoms with E-state index in [9.17, 15) is 4.79 Å². The Morgan fingerprint density at radius 1 is 1.03 bits per heavy atom. The third-order valence-corrected chi connectivity index (χ3v) is 5.55. The van der Waals surface area contributed by atoms with Gasteiger partial charge < -0.3 is 10.1 Å². The van der Waals surface area contributed by atoms with Gasteiger partial charge in [-0.15, -0.1) is 11.3 Å². The van der Waals surface area contributed by atoms with E-state index in [1.54, 1.807) is 41.9 Å². The third-order valence-electron chi connectivity index (χ3n) is 4.13. The summed E-state index contributed by atoms with van der Waals surface area (Å²) in [5.41, 5.74) is 3.42. The van der Waals surface area contributed by atoms with E-state index >= 15 is 0 Å². The number of ether oxygens (including phenoxy) is 1. The van der Waals surface area contributed by atoms with Crippen molar-refractivity contribution in [2.75, 3.05) is 11.9 Å². The van der Waals surface area contributed by atoms with Crippen LogP contribution in [0.3, 0.4) is 0 Å². The van der Waals surface area contributed by atoms with E-state index < -0.39 is 0 Å². The Morgan fingerprint density at radius 3 is 2.67 bits per heavy atom. The lowest BCUT2D eigenvalue weighted by Crippen LogP contribution is -2.20. The highest BCUT2D eigenvalue weighted by Gasteiger charge is 2.10. The van der Waals surface area contributed by atoms with E-state index in [-0.39, 0.29) is 12.5 Å². The van der Waals surface area contributed by atoms with Gasteiger partial charge in [0.05, 0.1) is 10.7 Å². The Hall–Kier alpha value is -2.93. The van der Waals surface area contributed by atoms with Gasteiger partial charge in [-0.25, -0.2) is 4.98 Å². The molecule has 0 saturated carbocycles. The van der Waals surface area contributed by atoms with Crippen LogP contribution in [0.15, 0.2) is 72.4 Å². The maximum Gasteiger partial charge on any atom is 0.262 e. The number of halogens is 2. The van der Waals surface area contributed by atoms with E-state index in [2.05, 4.69) is 10.3 Å². The molecule has 2 aromatic carbocycles. The van der Waals surface area contributed by atoms with E-state index in [1.807, 2.05) is 41.8 Å². The number of hydrogen-bond donors (Lipinski definition) is 1. The smallest absolute Gasteiger partial charge is 0.262 e. The molecule has 0 atom stereocenters. The molecule has 0 bridgehead atoms. The highest BCUT2D eigenvalue weighted by atomic mass is 35.5. The summed E-state index contributed by atoms with van der Waals surface area (Å²) in [4.78, 5) is 21.0. The zero-order valence-corrected chi connectivity index (χ0v) is 17.8. The van der Waals surface area contributed by atoms with E-state index in [4.69, 9.17) is 32.9 Å². The Morgan fingerprint density at radius 2 is 1.87 bits per heavy atom. The first-order valence-corrected chi connectivity index (χ1v) is 10.6. The highest BCUT2D eigenvalue weighted by molar-refractivity contribution is 7.13. The molecule has 0 spiro atoms. The minimum absolute atomic E-state index is 0.172. The Bertz CT molecular complexity index is 1180. The molecular formula is C22H15Cl2N3O2S. The lowest BCUT2D eigenvalue weighted by atomic mass is 10.1. The van der Waals surface area contributed by atoms with Crippen LogP contribution in [0.4, 0.5) is 5.69 Å². The summed E-state index contributed by atoms with van der Waals surface area (Å²) in [6, 6.07) is 16.2. The number of amides is 1. The number of anilines is 1. The number of carbonyl (C=O) groups is 1. The van der Waals surface area contributed by atoms with Gasteiger partial charge in [0.15, 0.2) is 6.61 Å². The van der Waals surface area contributed by atoms with Crippen molar-refractivity contribution in [3.05, 3.63) is 82.4 Å². The number of rotatable bonds is 6. The lowest BCUT2D eigenvalue weighted by Gasteiger charge is -2.09.